The molecule has 0 radical (unpaired) electrons. The number of methoxy groups -OCH3 is 3. The van der Waals surface area contributed by atoms with Crippen LogP contribution in [0.1, 0.15) is 11.6 Å². The van der Waals surface area contributed by atoms with Crippen molar-refractivity contribution in [3.63, 3.8) is 0 Å². The average molecular weight is 518 g/mol. The summed E-state index contributed by atoms with van der Waals surface area (Å²) in [7, 11) is 4.15. The number of ether oxygens (including phenoxy) is 3. The van der Waals surface area contributed by atoms with Crippen molar-refractivity contribution in [2.75, 3.05) is 26.6 Å². The van der Waals surface area contributed by atoms with Crippen molar-refractivity contribution >= 4 is 58.0 Å². The number of nitrogens with zero attached hydrogens (tertiary/aromatic N) is 5. The topological polar surface area (TPSA) is 165 Å². The lowest BCUT2D eigenvalue weighted by Crippen LogP contribution is -2.31. The Bertz CT molecular complexity index is 953. The zero-order valence-corrected chi connectivity index (χ0v) is 18.8. The van der Waals surface area contributed by atoms with Gasteiger partial charge in [-0.3, -0.25) is 20.2 Å². The van der Waals surface area contributed by atoms with Gasteiger partial charge in [-0.05, 0) is 46.4 Å². The van der Waals surface area contributed by atoms with Gasteiger partial charge in [-0.2, -0.15) is 15.0 Å². The Kier molecular flexibility index (Phi) is 7.36. The Morgan fingerprint density at radius 2 is 1.26 bits per heavy atom. The summed E-state index contributed by atoms with van der Waals surface area (Å²) in [6.07, 6.45) is 0. The molecule has 0 fully saturated rings. The van der Waals surface area contributed by atoms with Gasteiger partial charge in [0.15, 0.2) is 11.5 Å². The maximum Gasteiger partial charge on any atom is 0.430 e. The van der Waals surface area contributed by atoms with Crippen LogP contribution in [0.2, 0.25) is 0 Å². The van der Waals surface area contributed by atoms with Crippen molar-refractivity contribution in [2.45, 2.75) is 8.91 Å². The first-order chi connectivity index (χ1) is 14.4. The summed E-state index contributed by atoms with van der Waals surface area (Å²) < 4.78 is 9.86. The molecule has 0 aliphatic carbocycles. The number of rotatable bonds is 9. The van der Waals surface area contributed by atoms with E-state index in [1.807, 2.05) is 0 Å². The summed E-state index contributed by atoms with van der Waals surface area (Å²) in [4.78, 5) is 31.2. The number of benzene rings is 1. The van der Waals surface area contributed by atoms with E-state index < -0.39 is 36.4 Å². The van der Waals surface area contributed by atoms with Gasteiger partial charge in [-0.15, -0.1) is 0 Å². The molecule has 13 nitrogen and oxygen atoms in total. The molecule has 0 amide bonds. The summed E-state index contributed by atoms with van der Waals surface area (Å²) in [6, 6.07) is 2.88. The molecule has 2 aromatic rings. The van der Waals surface area contributed by atoms with Crippen LogP contribution in [0.15, 0.2) is 12.1 Å². The highest BCUT2D eigenvalue weighted by Gasteiger charge is 2.50. The van der Waals surface area contributed by atoms with Crippen molar-refractivity contribution in [3.8, 4) is 17.2 Å². The van der Waals surface area contributed by atoms with E-state index in [2.05, 4.69) is 20.3 Å². The molecule has 168 valence electrons. The third-order valence-electron chi connectivity index (χ3n) is 3.55. The average Bonchev–Trinajstić information content (AvgIpc) is 2.72. The van der Waals surface area contributed by atoms with E-state index in [4.69, 9.17) is 60.6 Å². The van der Waals surface area contributed by atoms with Crippen LogP contribution in [0.25, 0.3) is 0 Å². The van der Waals surface area contributed by atoms with Gasteiger partial charge >= 0.3 is 8.91 Å². The molecule has 0 atom stereocenters. The number of nitro groups is 2. The molecule has 0 aliphatic heterocycles. The summed E-state index contributed by atoms with van der Waals surface area (Å²) in [5, 5.41) is 25.0. The first-order valence-corrected chi connectivity index (χ1v) is 9.28. The monoisotopic (exact) mass is 516 g/mol. The standard InChI is InChI=1S/C14H12Cl4N6O7/c1-29-7-4-6(5-8(30-2)9(7)31-3)19-12-21-10(13(15,16)23(25)26)20-11(22-12)14(17,18)24(27)28/h4-5H,1-3H3,(H,19,20,21,22). The molecule has 0 saturated carbocycles. The summed E-state index contributed by atoms with van der Waals surface area (Å²) >= 11 is 22.7. The molecule has 0 unspecified atom stereocenters. The van der Waals surface area contributed by atoms with Crippen molar-refractivity contribution in [3.05, 3.63) is 44.0 Å². The minimum absolute atomic E-state index is 0.226. The van der Waals surface area contributed by atoms with Crippen LogP contribution in [0.4, 0.5) is 11.6 Å². The maximum atomic E-state index is 11.2. The SMILES string of the molecule is COc1cc(Nc2nc(C(Cl)(Cl)[N+](=O)[O-])nc(C(Cl)(Cl)[N+](=O)[O-])n2)cc(OC)c1OC. The van der Waals surface area contributed by atoms with E-state index in [9.17, 15) is 20.2 Å². The Morgan fingerprint density at radius 1 is 0.839 bits per heavy atom. The van der Waals surface area contributed by atoms with E-state index in [1.54, 1.807) is 0 Å². The van der Waals surface area contributed by atoms with Gasteiger partial charge in [0.1, 0.15) is 0 Å². The number of anilines is 2. The normalized spacial score (nSPS) is 11.6. The molecule has 0 aliphatic rings. The Labute approximate surface area is 193 Å². The van der Waals surface area contributed by atoms with Crippen molar-refractivity contribution in [2.24, 2.45) is 0 Å². The molecule has 0 bridgehead atoms. The Balaban J connectivity index is 2.66. The minimum Gasteiger partial charge on any atom is -0.493 e. The van der Waals surface area contributed by atoms with Crippen LogP contribution in [-0.2, 0) is 8.91 Å². The lowest BCUT2D eigenvalue weighted by molar-refractivity contribution is -0.527. The summed E-state index contributed by atoms with van der Waals surface area (Å²) in [5.41, 5.74) is 0.226. The third kappa shape index (κ3) is 5.01. The van der Waals surface area contributed by atoms with Crippen LogP contribution in [0.5, 0.6) is 17.2 Å². The first kappa shape index (κ1) is 24.7. The third-order valence-corrected chi connectivity index (χ3v) is 4.78. The van der Waals surface area contributed by atoms with E-state index in [-0.39, 0.29) is 22.9 Å². The fourth-order valence-corrected chi connectivity index (χ4v) is 2.48. The van der Waals surface area contributed by atoms with Crippen molar-refractivity contribution in [1.82, 2.24) is 15.0 Å². The van der Waals surface area contributed by atoms with Gasteiger partial charge in [-0.25, -0.2) is 0 Å². The molecule has 0 saturated heterocycles. The maximum absolute atomic E-state index is 11.2. The smallest absolute Gasteiger partial charge is 0.430 e. The van der Waals surface area contributed by atoms with E-state index in [0.717, 1.165) is 0 Å². The van der Waals surface area contributed by atoms with Crippen LogP contribution in [0, 0.1) is 20.2 Å². The van der Waals surface area contributed by atoms with Gasteiger partial charge < -0.3 is 19.5 Å². The quantitative estimate of drug-likeness (QED) is 0.224. The van der Waals surface area contributed by atoms with Gasteiger partial charge in [0.25, 0.3) is 0 Å². The first-order valence-electron chi connectivity index (χ1n) is 7.77. The lowest BCUT2D eigenvalue weighted by atomic mass is 10.2. The Morgan fingerprint density at radius 3 is 1.58 bits per heavy atom. The second-order valence-electron chi connectivity index (χ2n) is 5.44. The summed E-state index contributed by atoms with van der Waals surface area (Å²) in [6.45, 7) is 0. The molecule has 17 heteroatoms. The fourth-order valence-electron chi connectivity index (χ4n) is 2.15. The molecule has 1 N–H and O–H groups in total. The molecule has 1 heterocycles. The number of hydrogen-bond acceptors (Lipinski definition) is 11. The van der Waals surface area contributed by atoms with Crippen LogP contribution < -0.4 is 19.5 Å². The fraction of sp³-hybridized carbons (Fsp3) is 0.357. The van der Waals surface area contributed by atoms with Gasteiger partial charge in [-0.1, -0.05) is 0 Å². The molecule has 31 heavy (non-hydrogen) atoms. The molecular formula is C14H12Cl4N6O7. The van der Waals surface area contributed by atoms with Crippen molar-refractivity contribution < 1.29 is 24.1 Å². The second-order valence-corrected chi connectivity index (χ2v) is 8.02. The van der Waals surface area contributed by atoms with E-state index in [0.29, 0.717) is 0 Å². The van der Waals surface area contributed by atoms with Crippen LogP contribution in [0.3, 0.4) is 0 Å². The van der Waals surface area contributed by atoms with E-state index in [1.165, 1.54) is 33.5 Å². The lowest BCUT2D eigenvalue weighted by Gasteiger charge is -2.16. The minimum atomic E-state index is -2.89. The highest BCUT2D eigenvalue weighted by atomic mass is 35.5. The molecule has 1 aromatic heterocycles. The molecule has 2 rings (SSSR count). The zero-order valence-electron chi connectivity index (χ0n) is 15.8. The highest BCUT2D eigenvalue weighted by Crippen LogP contribution is 2.41. The second kappa shape index (κ2) is 9.26. The Hall–Kier alpha value is -2.61. The zero-order chi connectivity index (χ0) is 23.6. The van der Waals surface area contributed by atoms with Gasteiger partial charge in [0.2, 0.25) is 23.3 Å². The number of hydrogen-bond donors (Lipinski definition) is 1. The molecule has 1 aromatic carbocycles. The predicted molar refractivity (Wildman–Crippen MR) is 110 cm³/mol. The van der Waals surface area contributed by atoms with E-state index >= 15 is 0 Å². The van der Waals surface area contributed by atoms with Crippen LogP contribution in [-0.4, -0.2) is 46.1 Å². The predicted octanol–water partition coefficient (Wildman–Crippen LogP) is 3.37. The highest BCUT2D eigenvalue weighted by molar-refractivity contribution is 6.47. The largest absolute Gasteiger partial charge is 0.493 e. The summed E-state index contributed by atoms with van der Waals surface area (Å²) in [5.74, 6) is -1.43. The molecule has 0 spiro atoms. The van der Waals surface area contributed by atoms with Crippen molar-refractivity contribution in [1.29, 1.82) is 0 Å². The number of alkyl halides is 4. The van der Waals surface area contributed by atoms with Crippen LogP contribution >= 0.6 is 46.4 Å². The van der Waals surface area contributed by atoms with Gasteiger partial charge in [0.05, 0.1) is 31.2 Å². The number of nitrogens with one attached hydrogen (secondary N) is 1. The van der Waals surface area contributed by atoms with Gasteiger partial charge in [0, 0.05) is 17.8 Å². The number of halogens is 4. The molecular weight excluding hydrogens is 506 g/mol. The number of aromatic nitrogens is 3.